The number of hydrogen-bond acceptors (Lipinski definition) is 4. The van der Waals surface area contributed by atoms with Crippen molar-refractivity contribution >= 4 is 5.97 Å². The molecule has 1 rings (SSSR count). The van der Waals surface area contributed by atoms with Crippen LogP contribution in [-0.2, 0) is 16.0 Å². The van der Waals surface area contributed by atoms with Crippen LogP contribution >= 0.6 is 0 Å². The van der Waals surface area contributed by atoms with Crippen molar-refractivity contribution in [2.75, 3.05) is 6.61 Å². The van der Waals surface area contributed by atoms with Crippen LogP contribution < -0.4 is 5.73 Å². The Labute approximate surface area is 133 Å². The van der Waals surface area contributed by atoms with Crippen LogP contribution in [0.4, 0.5) is 0 Å². The Hall–Kier alpha value is -1.65. The van der Waals surface area contributed by atoms with Crippen LogP contribution in [0.5, 0.6) is 0 Å². The predicted molar refractivity (Wildman–Crippen MR) is 88.5 cm³/mol. The highest BCUT2D eigenvalue weighted by Gasteiger charge is 2.22. The SMILES string of the molecule is CCOC(=O)C(N)C(O)CC/C=C/CCc1ccc(C)cc1. The van der Waals surface area contributed by atoms with E-state index in [1.54, 1.807) is 6.92 Å². The van der Waals surface area contributed by atoms with Crippen molar-refractivity contribution in [2.45, 2.75) is 51.7 Å². The molecule has 0 radical (unpaired) electrons. The Morgan fingerprint density at radius 3 is 2.55 bits per heavy atom. The fraction of sp³-hybridized carbons (Fsp3) is 0.500. The molecule has 0 heterocycles. The Morgan fingerprint density at radius 2 is 1.91 bits per heavy atom. The molecule has 22 heavy (non-hydrogen) atoms. The third kappa shape index (κ3) is 6.87. The fourth-order valence-corrected chi connectivity index (χ4v) is 2.08. The minimum Gasteiger partial charge on any atom is -0.465 e. The number of carbonyl (C=O) groups is 1. The molecule has 4 nitrogen and oxygen atoms in total. The molecule has 2 atom stereocenters. The van der Waals surface area contributed by atoms with E-state index >= 15 is 0 Å². The Balaban J connectivity index is 2.20. The maximum absolute atomic E-state index is 11.4. The summed E-state index contributed by atoms with van der Waals surface area (Å²) >= 11 is 0. The van der Waals surface area contributed by atoms with E-state index in [4.69, 9.17) is 10.5 Å². The van der Waals surface area contributed by atoms with Gasteiger partial charge in [0.25, 0.3) is 0 Å². The zero-order chi connectivity index (χ0) is 16.4. The first kappa shape index (κ1) is 18.4. The molecule has 0 aliphatic carbocycles. The molecule has 1 aromatic rings. The lowest BCUT2D eigenvalue weighted by Gasteiger charge is -2.16. The van der Waals surface area contributed by atoms with Gasteiger partial charge in [0, 0.05) is 0 Å². The Kier molecular flexibility index (Phi) is 8.48. The molecule has 122 valence electrons. The van der Waals surface area contributed by atoms with Crippen molar-refractivity contribution in [1.82, 2.24) is 0 Å². The number of carbonyl (C=O) groups excluding carboxylic acids is 1. The van der Waals surface area contributed by atoms with E-state index in [1.807, 2.05) is 6.08 Å². The Morgan fingerprint density at radius 1 is 1.27 bits per heavy atom. The summed E-state index contributed by atoms with van der Waals surface area (Å²) < 4.78 is 4.79. The average molecular weight is 305 g/mol. The van der Waals surface area contributed by atoms with Gasteiger partial charge in [-0.05, 0) is 45.1 Å². The lowest BCUT2D eigenvalue weighted by atomic mass is 10.1. The van der Waals surface area contributed by atoms with Gasteiger partial charge in [0.05, 0.1) is 12.7 Å². The average Bonchev–Trinajstić information content (AvgIpc) is 2.51. The van der Waals surface area contributed by atoms with E-state index < -0.39 is 18.1 Å². The maximum Gasteiger partial charge on any atom is 0.325 e. The first-order valence-electron chi connectivity index (χ1n) is 7.85. The lowest BCUT2D eigenvalue weighted by Crippen LogP contribution is -2.42. The molecular formula is C18H27NO3. The zero-order valence-corrected chi connectivity index (χ0v) is 13.5. The minimum atomic E-state index is -0.957. The maximum atomic E-state index is 11.4. The van der Waals surface area contributed by atoms with Crippen LogP contribution in [0.2, 0.25) is 0 Å². The van der Waals surface area contributed by atoms with Crippen LogP contribution in [-0.4, -0.2) is 29.8 Å². The number of aryl methyl sites for hydroxylation is 2. The van der Waals surface area contributed by atoms with E-state index in [9.17, 15) is 9.90 Å². The summed E-state index contributed by atoms with van der Waals surface area (Å²) in [6.45, 7) is 4.07. The molecule has 0 aromatic heterocycles. The standard InChI is InChI=1S/C18H27NO3/c1-3-22-18(21)17(19)16(20)9-7-5-4-6-8-15-12-10-14(2)11-13-15/h4-5,10-13,16-17,20H,3,6-9,19H2,1-2H3/b5-4+. The molecular weight excluding hydrogens is 278 g/mol. The van der Waals surface area contributed by atoms with E-state index in [0.717, 1.165) is 12.8 Å². The van der Waals surface area contributed by atoms with Crippen LogP contribution in [0, 0.1) is 6.92 Å². The van der Waals surface area contributed by atoms with Crippen molar-refractivity contribution in [3.05, 3.63) is 47.5 Å². The van der Waals surface area contributed by atoms with Gasteiger partial charge in [-0.2, -0.15) is 0 Å². The van der Waals surface area contributed by atoms with Gasteiger partial charge in [0.15, 0.2) is 0 Å². The summed E-state index contributed by atoms with van der Waals surface area (Å²) in [5.41, 5.74) is 8.22. The summed E-state index contributed by atoms with van der Waals surface area (Å²) in [6.07, 6.45) is 6.38. The highest BCUT2D eigenvalue weighted by atomic mass is 16.5. The number of nitrogens with two attached hydrogens (primary N) is 1. The van der Waals surface area contributed by atoms with Crippen LogP contribution in [0.25, 0.3) is 0 Å². The van der Waals surface area contributed by atoms with Gasteiger partial charge >= 0.3 is 5.97 Å². The summed E-state index contributed by atoms with van der Waals surface area (Å²) in [6, 6.07) is 7.57. The van der Waals surface area contributed by atoms with E-state index in [0.29, 0.717) is 12.8 Å². The summed E-state index contributed by atoms with van der Waals surface area (Å²) in [5, 5.41) is 9.82. The molecule has 0 aliphatic rings. The van der Waals surface area contributed by atoms with Gasteiger partial charge in [-0.25, -0.2) is 0 Å². The minimum absolute atomic E-state index is 0.276. The second-order valence-electron chi connectivity index (χ2n) is 5.42. The largest absolute Gasteiger partial charge is 0.465 e. The predicted octanol–water partition coefficient (Wildman–Crippen LogP) is 2.52. The third-order valence-corrected chi connectivity index (χ3v) is 3.49. The number of hydrogen-bond donors (Lipinski definition) is 2. The van der Waals surface area contributed by atoms with E-state index in [-0.39, 0.29) is 6.61 Å². The molecule has 0 spiro atoms. The number of esters is 1. The van der Waals surface area contributed by atoms with Crippen LogP contribution in [0.3, 0.4) is 0 Å². The van der Waals surface area contributed by atoms with E-state index in [1.165, 1.54) is 11.1 Å². The van der Waals surface area contributed by atoms with Crippen molar-refractivity contribution < 1.29 is 14.6 Å². The summed E-state index contributed by atoms with van der Waals surface area (Å²) in [4.78, 5) is 11.4. The lowest BCUT2D eigenvalue weighted by molar-refractivity contribution is -0.147. The second kappa shape index (κ2) is 10.1. The van der Waals surface area contributed by atoms with Gasteiger partial charge in [-0.1, -0.05) is 42.0 Å². The second-order valence-corrected chi connectivity index (χ2v) is 5.42. The molecule has 0 fully saturated rings. The van der Waals surface area contributed by atoms with Crippen molar-refractivity contribution in [3.63, 3.8) is 0 Å². The normalized spacial score (nSPS) is 14.0. The number of ether oxygens (including phenoxy) is 1. The highest BCUT2D eigenvalue weighted by Crippen LogP contribution is 2.08. The number of aliphatic hydroxyl groups excluding tert-OH is 1. The molecule has 1 aromatic carbocycles. The molecule has 0 amide bonds. The molecule has 0 bridgehead atoms. The zero-order valence-electron chi connectivity index (χ0n) is 13.5. The van der Waals surface area contributed by atoms with Crippen molar-refractivity contribution in [2.24, 2.45) is 5.73 Å². The summed E-state index contributed by atoms with van der Waals surface area (Å²) in [7, 11) is 0. The van der Waals surface area contributed by atoms with Gasteiger partial charge in [0.1, 0.15) is 6.04 Å². The van der Waals surface area contributed by atoms with Crippen LogP contribution in [0.15, 0.2) is 36.4 Å². The molecule has 0 aliphatic heterocycles. The smallest absolute Gasteiger partial charge is 0.325 e. The molecule has 0 saturated heterocycles. The van der Waals surface area contributed by atoms with Gasteiger partial charge < -0.3 is 15.6 Å². The molecule has 2 unspecified atom stereocenters. The topological polar surface area (TPSA) is 72.5 Å². The quantitative estimate of drug-likeness (QED) is 0.543. The third-order valence-electron chi connectivity index (χ3n) is 3.49. The van der Waals surface area contributed by atoms with Gasteiger partial charge in [0.2, 0.25) is 0 Å². The summed E-state index contributed by atoms with van der Waals surface area (Å²) in [5.74, 6) is -0.543. The molecule has 4 heteroatoms. The van der Waals surface area contributed by atoms with E-state index in [2.05, 4.69) is 37.3 Å². The number of aliphatic hydroxyl groups is 1. The number of benzene rings is 1. The first-order chi connectivity index (χ1) is 10.5. The highest BCUT2D eigenvalue weighted by molar-refractivity contribution is 5.76. The first-order valence-corrected chi connectivity index (χ1v) is 7.85. The number of rotatable bonds is 9. The number of allylic oxidation sites excluding steroid dienone is 2. The van der Waals surface area contributed by atoms with Crippen molar-refractivity contribution in [3.8, 4) is 0 Å². The monoisotopic (exact) mass is 305 g/mol. The van der Waals surface area contributed by atoms with Crippen molar-refractivity contribution in [1.29, 1.82) is 0 Å². The van der Waals surface area contributed by atoms with Gasteiger partial charge in [-0.15, -0.1) is 0 Å². The molecule has 0 saturated carbocycles. The van der Waals surface area contributed by atoms with Gasteiger partial charge in [-0.3, -0.25) is 4.79 Å². The molecule has 3 N–H and O–H groups in total. The fourth-order valence-electron chi connectivity index (χ4n) is 2.08. The Bertz CT molecular complexity index is 468. The van der Waals surface area contributed by atoms with Crippen LogP contribution in [0.1, 0.15) is 37.3 Å².